The minimum absolute atomic E-state index is 0.975. The van der Waals surface area contributed by atoms with Crippen LogP contribution >= 0.6 is 0 Å². The molecule has 9 aromatic rings. The summed E-state index contributed by atoms with van der Waals surface area (Å²) < 4.78 is 4.52. The summed E-state index contributed by atoms with van der Waals surface area (Å²) in [6.45, 7) is 0. The summed E-state index contributed by atoms with van der Waals surface area (Å²) in [5.41, 5.74) is 11.2. The highest BCUT2D eigenvalue weighted by atomic mass is 15.2. The van der Waals surface area contributed by atoms with Gasteiger partial charge in [0, 0.05) is 38.5 Å². The van der Waals surface area contributed by atoms with Gasteiger partial charge in [-0.05, 0) is 47.3 Å². The Kier molecular flexibility index (Phi) is 5.50. The molecule has 3 heterocycles. The van der Waals surface area contributed by atoms with E-state index in [1.165, 1.54) is 32.6 Å². The second-order valence-electron chi connectivity index (χ2n) is 11.3. The maximum atomic E-state index is 5.45. The summed E-state index contributed by atoms with van der Waals surface area (Å²) in [6.07, 6.45) is 0. The van der Waals surface area contributed by atoms with Crippen LogP contribution in [0.2, 0.25) is 0 Å². The minimum atomic E-state index is 0.975. The largest absolute Gasteiger partial charge is 0.309 e. The van der Waals surface area contributed by atoms with Crippen LogP contribution in [0, 0.1) is 0 Å². The maximum absolute atomic E-state index is 5.45. The predicted molar refractivity (Wildman–Crippen MR) is 183 cm³/mol. The van der Waals surface area contributed by atoms with Crippen LogP contribution in [0.4, 0.5) is 0 Å². The average Bonchev–Trinajstić information content (AvgIpc) is 3.66. The topological polar surface area (TPSA) is 22.2 Å². The first-order chi connectivity index (χ1) is 21.8. The normalized spacial score (nSPS) is 11.6. The SMILES string of the molecule is c1ccc(-c2c(-c3ccc4c(c3)c3ccccc3n4-c3ccccc3)nn3c(-c4ccccc4)cc4ccccc4c23)cc1. The highest BCUT2D eigenvalue weighted by Gasteiger charge is 2.22. The Morgan fingerprint density at radius 1 is 0.432 bits per heavy atom. The summed E-state index contributed by atoms with van der Waals surface area (Å²) in [6, 6.07) is 58.3. The zero-order valence-electron chi connectivity index (χ0n) is 23.9. The molecular weight excluding hydrogens is 534 g/mol. The van der Waals surface area contributed by atoms with Gasteiger partial charge in [0.15, 0.2) is 0 Å². The molecule has 0 amide bonds. The van der Waals surface area contributed by atoms with E-state index in [2.05, 4.69) is 173 Å². The van der Waals surface area contributed by atoms with Gasteiger partial charge in [0.05, 0.1) is 22.2 Å². The van der Waals surface area contributed by atoms with Crippen molar-refractivity contribution in [2.24, 2.45) is 0 Å². The van der Waals surface area contributed by atoms with E-state index in [1.54, 1.807) is 0 Å². The Bertz CT molecular complexity index is 2470. The van der Waals surface area contributed by atoms with Crippen molar-refractivity contribution < 1.29 is 0 Å². The van der Waals surface area contributed by atoms with E-state index in [4.69, 9.17) is 5.10 Å². The number of hydrogen-bond donors (Lipinski definition) is 0. The first kappa shape index (κ1) is 24.6. The second-order valence-corrected chi connectivity index (χ2v) is 11.3. The third kappa shape index (κ3) is 3.73. The van der Waals surface area contributed by atoms with E-state index < -0.39 is 0 Å². The number of benzene rings is 6. The van der Waals surface area contributed by atoms with Crippen LogP contribution in [0.15, 0.2) is 164 Å². The zero-order valence-corrected chi connectivity index (χ0v) is 23.9. The molecule has 6 aromatic carbocycles. The molecule has 0 unspecified atom stereocenters. The Hall–Kier alpha value is -5.93. The van der Waals surface area contributed by atoms with Gasteiger partial charge in [-0.25, -0.2) is 4.52 Å². The number of para-hydroxylation sites is 2. The maximum Gasteiger partial charge on any atom is 0.101 e. The molecule has 0 atom stereocenters. The van der Waals surface area contributed by atoms with Crippen molar-refractivity contribution in [2.45, 2.75) is 0 Å². The molecule has 44 heavy (non-hydrogen) atoms. The van der Waals surface area contributed by atoms with Gasteiger partial charge in [-0.3, -0.25) is 0 Å². The molecule has 0 bridgehead atoms. The fraction of sp³-hybridized carbons (Fsp3) is 0. The first-order valence-corrected chi connectivity index (χ1v) is 15.0. The number of nitrogens with zero attached hydrogens (tertiary/aromatic N) is 3. The van der Waals surface area contributed by atoms with Gasteiger partial charge in [-0.1, -0.05) is 127 Å². The molecule has 0 aliphatic carbocycles. The third-order valence-electron chi connectivity index (χ3n) is 8.71. The molecule has 0 saturated heterocycles. The molecule has 3 heteroatoms. The second kappa shape index (κ2) is 9.82. The van der Waals surface area contributed by atoms with Gasteiger partial charge in [0.1, 0.15) is 5.69 Å². The van der Waals surface area contributed by atoms with Crippen LogP contribution in [-0.4, -0.2) is 14.2 Å². The average molecular weight is 562 g/mol. The van der Waals surface area contributed by atoms with E-state index in [0.717, 1.165) is 44.8 Å². The summed E-state index contributed by atoms with van der Waals surface area (Å²) >= 11 is 0. The Morgan fingerprint density at radius 3 is 1.82 bits per heavy atom. The Balaban J connectivity index is 1.40. The van der Waals surface area contributed by atoms with Gasteiger partial charge in [-0.2, -0.15) is 5.10 Å². The molecule has 206 valence electrons. The molecule has 0 spiro atoms. The van der Waals surface area contributed by atoms with Crippen LogP contribution in [0.1, 0.15) is 0 Å². The van der Waals surface area contributed by atoms with Crippen molar-refractivity contribution in [3.8, 4) is 39.3 Å². The number of rotatable bonds is 4. The molecule has 9 rings (SSSR count). The van der Waals surface area contributed by atoms with Crippen molar-refractivity contribution in [1.29, 1.82) is 0 Å². The molecule has 0 N–H and O–H groups in total. The first-order valence-electron chi connectivity index (χ1n) is 15.0. The van der Waals surface area contributed by atoms with Crippen LogP contribution in [0.25, 0.3) is 77.4 Å². The lowest BCUT2D eigenvalue weighted by Crippen LogP contribution is -1.95. The Morgan fingerprint density at radius 2 is 1.05 bits per heavy atom. The number of aromatic nitrogens is 3. The molecule has 0 aliphatic heterocycles. The van der Waals surface area contributed by atoms with E-state index >= 15 is 0 Å². The molecule has 3 nitrogen and oxygen atoms in total. The lowest BCUT2D eigenvalue weighted by Gasteiger charge is -2.10. The molecular formula is C41H27N3. The Labute approximate surface area is 254 Å². The zero-order chi connectivity index (χ0) is 29.0. The third-order valence-corrected chi connectivity index (χ3v) is 8.71. The van der Waals surface area contributed by atoms with Crippen LogP contribution in [-0.2, 0) is 0 Å². The van der Waals surface area contributed by atoms with Crippen molar-refractivity contribution in [3.63, 3.8) is 0 Å². The monoisotopic (exact) mass is 561 g/mol. The molecule has 0 fully saturated rings. The predicted octanol–water partition coefficient (Wildman–Crippen LogP) is 10.6. The molecule has 0 radical (unpaired) electrons. The van der Waals surface area contributed by atoms with Gasteiger partial charge >= 0.3 is 0 Å². The van der Waals surface area contributed by atoms with E-state index in [9.17, 15) is 0 Å². The quantitative estimate of drug-likeness (QED) is 0.209. The van der Waals surface area contributed by atoms with E-state index in [0.29, 0.717) is 0 Å². The van der Waals surface area contributed by atoms with Gasteiger partial charge in [0.25, 0.3) is 0 Å². The highest BCUT2D eigenvalue weighted by Crippen LogP contribution is 2.42. The van der Waals surface area contributed by atoms with Crippen LogP contribution in [0.3, 0.4) is 0 Å². The van der Waals surface area contributed by atoms with Gasteiger partial charge < -0.3 is 4.57 Å². The number of hydrogen-bond acceptors (Lipinski definition) is 1. The molecule has 3 aromatic heterocycles. The summed E-state index contributed by atoms with van der Waals surface area (Å²) in [5.74, 6) is 0. The fourth-order valence-corrected chi connectivity index (χ4v) is 6.76. The lowest BCUT2D eigenvalue weighted by molar-refractivity contribution is 0.980. The minimum Gasteiger partial charge on any atom is -0.309 e. The fourth-order valence-electron chi connectivity index (χ4n) is 6.76. The molecule has 0 saturated carbocycles. The number of pyridine rings is 1. The van der Waals surface area contributed by atoms with Crippen LogP contribution < -0.4 is 0 Å². The lowest BCUT2D eigenvalue weighted by atomic mass is 9.96. The van der Waals surface area contributed by atoms with E-state index in [1.807, 2.05) is 0 Å². The van der Waals surface area contributed by atoms with Gasteiger partial charge in [-0.15, -0.1) is 0 Å². The highest BCUT2D eigenvalue weighted by molar-refractivity contribution is 6.12. The van der Waals surface area contributed by atoms with Crippen molar-refractivity contribution in [2.75, 3.05) is 0 Å². The van der Waals surface area contributed by atoms with Gasteiger partial charge in [0.2, 0.25) is 0 Å². The van der Waals surface area contributed by atoms with Crippen LogP contribution in [0.5, 0.6) is 0 Å². The number of fused-ring (bicyclic) bond motifs is 6. The standard InChI is InChI=1S/C41H27N3/c1-4-14-28(15-5-1)38-27-30-18-10-11-21-33(30)41-39(29-16-6-2-7-17-29)40(42-44(38)41)31-24-25-37-35(26-31)34-22-12-13-23-36(34)43(37)32-19-8-3-9-20-32/h1-27H. The summed E-state index contributed by atoms with van der Waals surface area (Å²) in [5, 5.41) is 10.3. The summed E-state index contributed by atoms with van der Waals surface area (Å²) in [4.78, 5) is 0. The summed E-state index contributed by atoms with van der Waals surface area (Å²) in [7, 11) is 0. The van der Waals surface area contributed by atoms with Crippen molar-refractivity contribution in [3.05, 3.63) is 164 Å². The smallest absolute Gasteiger partial charge is 0.101 e. The van der Waals surface area contributed by atoms with Crippen molar-refractivity contribution >= 4 is 38.1 Å². The van der Waals surface area contributed by atoms with E-state index in [-0.39, 0.29) is 0 Å². The van der Waals surface area contributed by atoms with Crippen molar-refractivity contribution in [1.82, 2.24) is 14.2 Å². The molecule has 0 aliphatic rings.